The Morgan fingerprint density at radius 1 is 1.00 bits per heavy atom. The second-order valence-electron chi connectivity index (χ2n) is 4.70. The van der Waals surface area contributed by atoms with Crippen LogP contribution in [0.5, 0.6) is 11.6 Å². The van der Waals surface area contributed by atoms with Crippen LogP contribution in [-0.4, -0.2) is 9.97 Å². The van der Waals surface area contributed by atoms with E-state index in [0.717, 1.165) is 33.7 Å². The molecule has 0 saturated heterocycles. The molecule has 0 bridgehead atoms. The number of hydrogen-bond acceptors (Lipinski definition) is 3. The van der Waals surface area contributed by atoms with Gasteiger partial charge in [-0.1, -0.05) is 18.6 Å². The number of fused-ring (bicyclic) bond motifs is 1. The molecule has 0 atom stereocenters. The Kier molecular flexibility index (Phi) is 3.96. The lowest BCUT2D eigenvalue weighted by Gasteiger charge is -2.12. The van der Waals surface area contributed by atoms with E-state index < -0.39 is 0 Å². The SMILES string of the molecule is Ic1ccccc1Oc1ncnc2c1CCCCC2. The van der Waals surface area contributed by atoms with E-state index in [2.05, 4.69) is 32.6 Å². The van der Waals surface area contributed by atoms with Gasteiger partial charge in [0.2, 0.25) is 5.88 Å². The maximum Gasteiger partial charge on any atom is 0.225 e. The molecule has 3 nitrogen and oxygen atoms in total. The van der Waals surface area contributed by atoms with Gasteiger partial charge < -0.3 is 4.74 Å². The van der Waals surface area contributed by atoms with Gasteiger partial charge in [0, 0.05) is 5.56 Å². The lowest BCUT2D eigenvalue weighted by atomic mass is 10.1. The summed E-state index contributed by atoms with van der Waals surface area (Å²) in [5.41, 5.74) is 2.35. The molecule has 1 heterocycles. The third-order valence-electron chi connectivity index (χ3n) is 3.38. The quantitative estimate of drug-likeness (QED) is 0.592. The number of rotatable bonds is 2. The van der Waals surface area contributed by atoms with Crippen LogP contribution in [0.3, 0.4) is 0 Å². The summed E-state index contributed by atoms with van der Waals surface area (Å²) in [4.78, 5) is 8.74. The Hall–Kier alpha value is -1.17. The third kappa shape index (κ3) is 2.88. The average Bonchev–Trinajstić information content (AvgIpc) is 2.67. The molecule has 19 heavy (non-hydrogen) atoms. The predicted molar refractivity (Wildman–Crippen MR) is 82.5 cm³/mol. The zero-order valence-electron chi connectivity index (χ0n) is 10.6. The summed E-state index contributed by atoms with van der Waals surface area (Å²) in [5, 5.41) is 0. The second-order valence-corrected chi connectivity index (χ2v) is 5.86. The fourth-order valence-corrected chi connectivity index (χ4v) is 2.89. The highest BCUT2D eigenvalue weighted by atomic mass is 127. The number of hydrogen-bond donors (Lipinski definition) is 0. The number of aromatic nitrogens is 2. The van der Waals surface area contributed by atoms with Crippen molar-refractivity contribution in [3.63, 3.8) is 0 Å². The molecule has 0 fully saturated rings. The summed E-state index contributed by atoms with van der Waals surface area (Å²) < 4.78 is 7.10. The fourth-order valence-electron chi connectivity index (χ4n) is 2.39. The summed E-state index contributed by atoms with van der Waals surface area (Å²) in [6.45, 7) is 0. The van der Waals surface area contributed by atoms with Crippen molar-refractivity contribution in [1.82, 2.24) is 9.97 Å². The minimum atomic E-state index is 0.732. The first-order valence-electron chi connectivity index (χ1n) is 6.60. The van der Waals surface area contributed by atoms with Crippen molar-refractivity contribution >= 4 is 22.6 Å². The first-order valence-corrected chi connectivity index (χ1v) is 7.67. The van der Waals surface area contributed by atoms with Crippen molar-refractivity contribution < 1.29 is 4.74 Å². The van der Waals surface area contributed by atoms with Crippen molar-refractivity contribution in [3.05, 3.63) is 45.4 Å². The fraction of sp³-hybridized carbons (Fsp3) is 0.333. The molecule has 0 N–H and O–H groups in total. The topological polar surface area (TPSA) is 35.0 Å². The van der Waals surface area contributed by atoms with Crippen LogP contribution in [0.15, 0.2) is 30.6 Å². The van der Waals surface area contributed by atoms with Gasteiger partial charge in [-0.3, -0.25) is 0 Å². The molecule has 3 rings (SSSR count). The highest BCUT2D eigenvalue weighted by Gasteiger charge is 2.16. The summed E-state index contributed by atoms with van der Waals surface area (Å²) in [6.07, 6.45) is 7.36. The lowest BCUT2D eigenvalue weighted by Crippen LogP contribution is -2.01. The van der Waals surface area contributed by atoms with Crippen molar-refractivity contribution in [3.8, 4) is 11.6 Å². The standard InChI is InChI=1S/C15H15IN2O/c16-12-7-4-5-9-14(12)19-15-11-6-2-1-3-8-13(11)17-10-18-15/h4-5,7,9-10H,1-3,6,8H2. The van der Waals surface area contributed by atoms with Crippen LogP contribution in [0.25, 0.3) is 0 Å². The minimum absolute atomic E-state index is 0.732. The van der Waals surface area contributed by atoms with E-state index in [-0.39, 0.29) is 0 Å². The van der Waals surface area contributed by atoms with Crippen LogP contribution in [0.4, 0.5) is 0 Å². The molecule has 0 radical (unpaired) electrons. The predicted octanol–water partition coefficient (Wildman–Crippen LogP) is 4.14. The Labute approximate surface area is 126 Å². The van der Waals surface area contributed by atoms with Gasteiger partial charge in [0.25, 0.3) is 0 Å². The van der Waals surface area contributed by atoms with Gasteiger partial charge in [-0.15, -0.1) is 0 Å². The molecule has 1 aliphatic carbocycles. The Morgan fingerprint density at radius 2 is 1.84 bits per heavy atom. The van der Waals surface area contributed by atoms with Crippen LogP contribution < -0.4 is 4.74 Å². The normalized spacial score (nSPS) is 14.6. The van der Waals surface area contributed by atoms with Crippen molar-refractivity contribution in [1.29, 1.82) is 0 Å². The summed E-state index contributed by atoms with van der Waals surface area (Å²) in [6, 6.07) is 8.01. The lowest BCUT2D eigenvalue weighted by molar-refractivity contribution is 0.450. The maximum atomic E-state index is 6.00. The van der Waals surface area contributed by atoms with Gasteiger partial charge in [0.15, 0.2) is 0 Å². The first kappa shape index (κ1) is 12.8. The number of benzene rings is 1. The first-order chi connectivity index (χ1) is 9.34. The molecule has 1 aliphatic rings. The molecule has 2 aromatic rings. The Bertz CT molecular complexity index is 586. The summed E-state index contributed by atoms with van der Waals surface area (Å²) >= 11 is 2.28. The molecule has 1 aromatic heterocycles. The van der Waals surface area contributed by atoms with E-state index in [9.17, 15) is 0 Å². The zero-order valence-corrected chi connectivity index (χ0v) is 12.8. The van der Waals surface area contributed by atoms with Gasteiger partial charge in [-0.2, -0.15) is 0 Å². The van der Waals surface area contributed by atoms with Crippen LogP contribution >= 0.6 is 22.6 Å². The molecule has 0 spiro atoms. The van der Waals surface area contributed by atoms with Crippen LogP contribution in [0.1, 0.15) is 30.5 Å². The van der Waals surface area contributed by atoms with Gasteiger partial charge in [-0.25, -0.2) is 9.97 Å². The molecular weight excluding hydrogens is 351 g/mol. The molecule has 0 unspecified atom stereocenters. The molecule has 1 aromatic carbocycles. The van der Waals surface area contributed by atoms with Gasteiger partial charge >= 0.3 is 0 Å². The van der Waals surface area contributed by atoms with Crippen LogP contribution in [0.2, 0.25) is 0 Å². The second kappa shape index (κ2) is 5.86. The van der Waals surface area contributed by atoms with Gasteiger partial charge in [0.1, 0.15) is 12.1 Å². The highest BCUT2D eigenvalue weighted by Crippen LogP contribution is 2.31. The Morgan fingerprint density at radius 3 is 2.74 bits per heavy atom. The minimum Gasteiger partial charge on any atom is -0.438 e. The summed E-state index contributed by atoms with van der Waals surface area (Å²) in [5.74, 6) is 1.60. The molecule has 98 valence electrons. The third-order valence-corrected chi connectivity index (χ3v) is 4.27. The van der Waals surface area contributed by atoms with E-state index in [4.69, 9.17) is 4.74 Å². The molecule has 0 amide bonds. The van der Waals surface area contributed by atoms with E-state index in [1.54, 1.807) is 6.33 Å². The zero-order chi connectivity index (χ0) is 13.1. The average molecular weight is 366 g/mol. The van der Waals surface area contributed by atoms with Crippen LogP contribution in [0, 0.1) is 3.57 Å². The van der Waals surface area contributed by atoms with Crippen molar-refractivity contribution in [2.75, 3.05) is 0 Å². The van der Waals surface area contributed by atoms with Crippen molar-refractivity contribution in [2.45, 2.75) is 32.1 Å². The van der Waals surface area contributed by atoms with Gasteiger partial charge in [0.05, 0.1) is 9.26 Å². The van der Waals surface area contributed by atoms with E-state index in [0.29, 0.717) is 0 Å². The molecule has 0 aliphatic heterocycles. The molecular formula is C15H15IN2O. The number of aryl methyl sites for hydroxylation is 1. The Balaban J connectivity index is 1.95. The number of nitrogens with zero attached hydrogens (tertiary/aromatic N) is 2. The monoisotopic (exact) mass is 366 g/mol. The molecule has 0 saturated carbocycles. The van der Waals surface area contributed by atoms with Gasteiger partial charge in [-0.05, 0) is 60.4 Å². The largest absolute Gasteiger partial charge is 0.438 e. The number of para-hydroxylation sites is 1. The maximum absolute atomic E-state index is 6.00. The van der Waals surface area contributed by atoms with E-state index >= 15 is 0 Å². The smallest absolute Gasteiger partial charge is 0.225 e. The highest BCUT2D eigenvalue weighted by molar-refractivity contribution is 14.1. The molecule has 4 heteroatoms. The van der Waals surface area contributed by atoms with E-state index in [1.165, 1.54) is 24.8 Å². The van der Waals surface area contributed by atoms with Crippen molar-refractivity contribution in [2.24, 2.45) is 0 Å². The number of ether oxygens (including phenoxy) is 1. The van der Waals surface area contributed by atoms with Crippen LogP contribution in [-0.2, 0) is 12.8 Å². The number of halogens is 1. The van der Waals surface area contributed by atoms with E-state index in [1.807, 2.05) is 24.3 Å². The summed E-state index contributed by atoms with van der Waals surface area (Å²) in [7, 11) is 0.